The van der Waals surface area contributed by atoms with E-state index in [9.17, 15) is 10.2 Å². The molecule has 0 aliphatic carbocycles. The van der Waals surface area contributed by atoms with E-state index in [4.69, 9.17) is 27.9 Å². The van der Waals surface area contributed by atoms with Crippen molar-refractivity contribution in [1.82, 2.24) is 5.32 Å². The number of halogens is 2. The molecular weight excluding hydrogens is 333 g/mol. The molecule has 0 aliphatic heterocycles. The molecule has 0 spiro atoms. The normalized spacial score (nSPS) is 15.5. The van der Waals surface area contributed by atoms with Crippen LogP contribution in [0.25, 0.3) is 0 Å². The van der Waals surface area contributed by atoms with Crippen molar-refractivity contribution in [2.24, 2.45) is 0 Å². The second-order valence-electron chi connectivity index (χ2n) is 5.10. The Kier molecular flexibility index (Phi) is 8.16. The Morgan fingerprint density at radius 1 is 1.38 bits per heavy atom. The number of hydrogen-bond acceptors (Lipinski definition) is 5. The lowest BCUT2D eigenvalue weighted by molar-refractivity contribution is 0.0701. The molecule has 0 fully saturated rings. The molecule has 0 saturated carbocycles. The number of rotatable bonds is 9. The van der Waals surface area contributed by atoms with Gasteiger partial charge in [-0.1, -0.05) is 23.2 Å². The van der Waals surface area contributed by atoms with Gasteiger partial charge in [-0.15, -0.1) is 0 Å². The minimum atomic E-state index is -0.788. The van der Waals surface area contributed by atoms with E-state index in [0.29, 0.717) is 34.6 Å². The van der Waals surface area contributed by atoms with Crippen LogP contribution < -0.4 is 10.1 Å². The highest BCUT2D eigenvalue weighted by Gasteiger charge is 2.19. The van der Waals surface area contributed by atoms with Crippen molar-refractivity contribution in [3.8, 4) is 5.75 Å². The maximum Gasteiger partial charge on any atom is 0.121 e. The molecule has 120 valence electrons. The first-order valence-electron chi connectivity index (χ1n) is 6.52. The Labute approximate surface area is 139 Å². The molecule has 1 aromatic carbocycles. The van der Waals surface area contributed by atoms with Crippen molar-refractivity contribution in [2.45, 2.75) is 18.6 Å². The van der Waals surface area contributed by atoms with Gasteiger partial charge in [0, 0.05) is 24.9 Å². The van der Waals surface area contributed by atoms with Gasteiger partial charge in [0.2, 0.25) is 0 Å². The highest BCUT2D eigenvalue weighted by Crippen LogP contribution is 2.26. The molecule has 4 nitrogen and oxygen atoms in total. The van der Waals surface area contributed by atoms with Crippen LogP contribution in [0.2, 0.25) is 10.0 Å². The Morgan fingerprint density at radius 2 is 2.10 bits per heavy atom. The van der Waals surface area contributed by atoms with Crippen LogP contribution in [0, 0.1) is 0 Å². The third kappa shape index (κ3) is 7.58. The van der Waals surface area contributed by atoms with Crippen molar-refractivity contribution >= 4 is 35.0 Å². The van der Waals surface area contributed by atoms with Crippen molar-refractivity contribution in [3.63, 3.8) is 0 Å². The van der Waals surface area contributed by atoms with Gasteiger partial charge in [-0.05, 0) is 25.3 Å². The van der Waals surface area contributed by atoms with E-state index in [1.165, 1.54) is 0 Å². The van der Waals surface area contributed by atoms with Gasteiger partial charge in [0.25, 0.3) is 0 Å². The molecule has 0 bridgehead atoms. The van der Waals surface area contributed by atoms with E-state index in [1.54, 1.807) is 36.9 Å². The fourth-order valence-electron chi connectivity index (χ4n) is 1.69. The first-order valence-corrected chi connectivity index (χ1v) is 8.67. The summed E-state index contributed by atoms with van der Waals surface area (Å²) >= 11 is 13.3. The quantitative estimate of drug-likeness (QED) is 0.636. The van der Waals surface area contributed by atoms with Crippen molar-refractivity contribution in [2.75, 3.05) is 31.7 Å². The van der Waals surface area contributed by atoms with Crippen LogP contribution in [0.5, 0.6) is 5.75 Å². The summed E-state index contributed by atoms with van der Waals surface area (Å²) < 4.78 is 5.43. The van der Waals surface area contributed by atoms with Crippen LogP contribution >= 0.6 is 35.0 Å². The van der Waals surface area contributed by atoms with Crippen molar-refractivity contribution < 1.29 is 14.9 Å². The van der Waals surface area contributed by atoms with Crippen LogP contribution in [0.4, 0.5) is 0 Å². The summed E-state index contributed by atoms with van der Waals surface area (Å²) in [5.41, 5.74) is -0.788. The molecular formula is C14H21Cl2NO3S. The average Bonchev–Trinajstić information content (AvgIpc) is 2.40. The van der Waals surface area contributed by atoms with E-state index in [0.717, 1.165) is 0 Å². The Balaban J connectivity index is 2.27. The number of thioether (sulfide) groups is 1. The monoisotopic (exact) mass is 353 g/mol. The van der Waals surface area contributed by atoms with Gasteiger partial charge in [-0.3, -0.25) is 0 Å². The van der Waals surface area contributed by atoms with Crippen LogP contribution in [0.1, 0.15) is 6.92 Å². The van der Waals surface area contributed by atoms with Crippen molar-refractivity contribution in [1.29, 1.82) is 0 Å². The number of nitrogens with one attached hydrogen (secondary N) is 1. The van der Waals surface area contributed by atoms with Gasteiger partial charge < -0.3 is 20.3 Å². The summed E-state index contributed by atoms with van der Waals surface area (Å²) in [6.45, 7) is 2.65. The number of ether oxygens (including phenoxy) is 1. The zero-order chi connectivity index (χ0) is 15.9. The predicted molar refractivity (Wildman–Crippen MR) is 89.8 cm³/mol. The molecule has 3 N–H and O–H groups in total. The molecule has 7 heteroatoms. The number of aliphatic hydroxyl groups is 2. The Hall–Kier alpha value is -0.170. The fourth-order valence-corrected chi connectivity index (χ4v) is 2.70. The maximum absolute atomic E-state index is 9.97. The molecule has 2 atom stereocenters. The van der Waals surface area contributed by atoms with E-state index in [-0.39, 0.29) is 6.61 Å². The summed E-state index contributed by atoms with van der Waals surface area (Å²) in [6, 6.07) is 4.94. The lowest BCUT2D eigenvalue weighted by atomic mass is 10.1. The molecule has 0 saturated heterocycles. The Morgan fingerprint density at radius 3 is 2.71 bits per heavy atom. The van der Waals surface area contributed by atoms with E-state index < -0.39 is 11.7 Å². The summed E-state index contributed by atoms with van der Waals surface area (Å²) in [5.74, 6) is 1.19. The second kappa shape index (κ2) is 9.08. The third-order valence-electron chi connectivity index (χ3n) is 2.67. The summed E-state index contributed by atoms with van der Waals surface area (Å²) in [6.07, 6.45) is 1.26. The topological polar surface area (TPSA) is 61.7 Å². The molecule has 0 amide bonds. The summed E-state index contributed by atoms with van der Waals surface area (Å²) in [4.78, 5) is 0. The molecule has 21 heavy (non-hydrogen) atoms. The van der Waals surface area contributed by atoms with Gasteiger partial charge in [0.1, 0.15) is 18.5 Å². The highest BCUT2D eigenvalue weighted by molar-refractivity contribution is 7.98. The molecule has 0 aliphatic rings. The molecule has 1 aromatic rings. The third-order valence-corrected chi connectivity index (χ3v) is 4.32. The predicted octanol–water partition coefficient (Wildman–Crippen LogP) is 2.44. The molecule has 0 radical (unpaired) electrons. The summed E-state index contributed by atoms with van der Waals surface area (Å²) in [7, 11) is 0. The Bertz CT molecular complexity index is 446. The first kappa shape index (κ1) is 18.9. The average molecular weight is 354 g/mol. The van der Waals surface area contributed by atoms with E-state index >= 15 is 0 Å². The van der Waals surface area contributed by atoms with E-state index in [2.05, 4.69) is 5.32 Å². The molecule has 0 heterocycles. The molecule has 2 unspecified atom stereocenters. The SMILES string of the molecule is CSCC(C)(O)CNCC(O)COc1ccc(Cl)c(Cl)c1. The lowest BCUT2D eigenvalue weighted by Crippen LogP contribution is -2.43. The van der Waals surface area contributed by atoms with Crippen LogP contribution in [-0.2, 0) is 0 Å². The van der Waals surface area contributed by atoms with Gasteiger partial charge >= 0.3 is 0 Å². The van der Waals surface area contributed by atoms with Crippen LogP contribution in [0.15, 0.2) is 18.2 Å². The fraction of sp³-hybridized carbons (Fsp3) is 0.571. The smallest absolute Gasteiger partial charge is 0.121 e. The number of hydrogen-bond donors (Lipinski definition) is 3. The molecule has 0 aromatic heterocycles. The minimum Gasteiger partial charge on any atom is -0.491 e. The lowest BCUT2D eigenvalue weighted by Gasteiger charge is -2.23. The van der Waals surface area contributed by atoms with Gasteiger partial charge in [-0.25, -0.2) is 0 Å². The largest absolute Gasteiger partial charge is 0.491 e. The van der Waals surface area contributed by atoms with Gasteiger partial charge in [-0.2, -0.15) is 11.8 Å². The maximum atomic E-state index is 9.97. The minimum absolute atomic E-state index is 0.135. The summed E-state index contributed by atoms with van der Waals surface area (Å²) in [5, 5.41) is 23.7. The zero-order valence-corrected chi connectivity index (χ0v) is 14.4. The van der Waals surface area contributed by atoms with Crippen LogP contribution in [-0.4, -0.2) is 53.6 Å². The standard InChI is InChI=1S/C14H21Cl2NO3S/c1-14(19,9-21-2)8-17-6-10(18)7-20-11-3-4-12(15)13(16)5-11/h3-5,10,17-19H,6-9H2,1-2H3. The van der Waals surface area contributed by atoms with Crippen LogP contribution in [0.3, 0.4) is 0 Å². The van der Waals surface area contributed by atoms with Gasteiger partial charge in [0.15, 0.2) is 0 Å². The number of benzene rings is 1. The first-order chi connectivity index (χ1) is 9.84. The van der Waals surface area contributed by atoms with Gasteiger partial charge in [0.05, 0.1) is 15.6 Å². The highest BCUT2D eigenvalue weighted by atomic mass is 35.5. The van der Waals surface area contributed by atoms with Crippen molar-refractivity contribution in [3.05, 3.63) is 28.2 Å². The van der Waals surface area contributed by atoms with E-state index in [1.807, 2.05) is 6.26 Å². The zero-order valence-electron chi connectivity index (χ0n) is 12.1. The molecule has 1 rings (SSSR count). The second-order valence-corrected chi connectivity index (χ2v) is 6.78. The number of aliphatic hydroxyl groups excluding tert-OH is 1.